The molecule has 0 spiro atoms. The van der Waals surface area contributed by atoms with Crippen molar-refractivity contribution in [3.63, 3.8) is 0 Å². The number of aryl methyl sites for hydroxylation is 1. The van der Waals surface area contributed by atoms with Crippen LogP contribution >= 0.6 is 0 Å². The van der Waals surface area contributed by atoms with Gasteiger partial charge in [0.05, 0.1) is 6.61 Å². The van der Waals surface area contributed by atoms with Gasteiger partial charge in [0.2, 0.25) is 0 Å². The largest absolute Gasteiger partial charge is 0.508 e. The van der Waals surface area contributed by atoms with E-state index in [2.05, 4.69) is 0 Å². The van der Waals surface area contributed by atoms with Crippen LogP contribution in [0.4, 0.5) is 0 Å². The molecule has 0 fully saturated rings. The van der Waals surface area contributed by atoms with Crippen molar-refractivity contribution in [3.05, 3.63) is 65.2 Å². The number of hydrogen-bond acceptors (Lipinski definition) is 3. The lowest BCUT2D eigenvalue weighted by molar-refractivity contribution is 0.195. The number of phenolic OH excluding ortho intramolecular Hbond substituents is 1. The molecule has 2 aromatic carbocycles. The number of rotatable bonds is 5. The zero-order valence-corrected chi connectivity index (χ0v) is 11.7. The predicted molar refractivity (Wildman–Crippen MR) is 80.8 cm³/mol. The molecule has 1 atom stereocenters. The topological polar surface area (TPSA) is 66.5 Å². The summed E-state index contributed by atoms with van der Waals surface area (Å²) < 4.78 is 0. The Morgan fingerprint density at radius 2 is 1.85 bits per heavy atom. The molecule has 0 aliphatic rings. The predicted octanol–water partition coefficient (Wildman–Crippen LogP) is 2.13. The molecular weight excluding hydrogens is 250 g/mol. The van der Waals surface area contributed by atoms with Crippen LogP contribution in [0.1, 0.15) is 16.7 Å². The molecule has 0 saturated heterocycles. The number of hydrogen-bond donors (Lipinski definition) is 3. The number of aromatic hydroxyl groups is 1. The summed E-state index contributed by atoms with van der Waals surface area (Å²) >= 11 is 0. The van der Waals surface area contributed by atoms with Gasteiger partial charge in [-0.25, -0.2) is 0 Å². The van der Waals surface area contributed by atoms with Crippen molar-refractivity contribution in [1.82, 2.24) is 0 Å². The standard InChI is InChI=1S/C17H21NO2/c1-13-5-2-3-8-16(13)17(11-18,12-19)10-14-6-4-7-15(20)9-14/h2-9,19-20H,10-12,18H2,1H3. The molecule has 106 valence electrons. The van der Waals surface area contributed by atoms with Crippen LogP contribution in [0.15, 0.2) is 48.5 Å². The number of aliphatic hydroxyl groups is 1. The van der Waals surface area contributed by atoms with Gasteiger partial charge in [-0.3, -0.25) is 0 Å². The molecule has 20 heavy (non-hydrogen) atoms. The van der Waals surface area contributed by atoms with Gasteiger partial charge in [-0.2, -0.15) is 0 Å². The minimum Gasteiger partial charge on any atom is -0.508 e. The molecule has 0 saturated carbocycles. The van der Waals surface area contributed by atoms with Crippen molar-refractivity contribution < 1.29 is 10.2 Å². The average molecular weight is 271 g/mol. The minimum atomic E-state index is -0.515. The third-order valence-corrected chi connectivity index (χ3v) is 3.86. The Bertz CT molecular complexity index is 577. The van der Waals surface area contributed by atoms with Crippen molar-refractivity contribution in [2.75, 3.05) is 13.2 Å². The monoisotopic (exact) mass is 271 g/mol. The highest BCUT2D eigenvalue weighted by Crippen LogP contribution is 2.30. The molecule has 3 heteroatoms. The second-order valence-corrected chi connectivity index (χ2v) is 5.30. The van der Waals surface area contributed by atoms with Crippen LogP contribution in [0.25, 0.3) is 0 Å². The highest BCUT2D eigenvalue weighted by atomic mass is 16.3. The first-order chi connectivity index (χ1) is 9.61. The molecule has 2 aromatic rings. The summed E-state index contributed by atoms with van der Waals surface area (Å²) in [5.41, 5.74) is 8.61. The molecule has 3 nitrogen and oxygen atoms in total. The lowest BCUT2D eigenvalue weighted by atomic mass is 9.74. The van der Waals surface area contributed by atoms with E-state index in [1.165, 1.54) is 0 Å². The summed E-state index contributed by atoms with van der Waals surface area (Å²) in [6.07, 6.45) is 0.596. The minimum absolute atomic E-state index is 0.0238. The molecule has 1 unspecified atom stereocenters. The lowest BCUT2D eigenvalue weighted by Crippen LogP contribution is -2.41. The second-order valence-electron chi connectivity index (χ2n) is 5.30. The maximum absolute atomic E-state index is 9.94. The second kappa shape index (κ2) is 6.07. The van der Waals surface area contributed by atoms with E-state index in [4.69, 9.17) is 5.73 Å². The fourth-order valence-corrected chi connectivity index (χ4v) is 2.71. The SMILES string of the molecule is Cc1ccccc1C(CN)(CO)Cc1cccc(O)c1. The maximum atomic E-state index is 9.94. The lowest BCUT2D eigenvalue weighted by Gasteiger charge is -2.32. The fraction of sp³-hybridized carbons (Fsp3) is 0.294. The van der Waals surface area contributed by atoms with E-state index in [-0.39, 0.29) is 12.4 Å². The van der Waals surface area contributed by atoms with Crippen LogP contribution in [0, 0.1) is 6.92 Å². The molecule has 0 aliphatic carbocycles. The first-order valence-electron chi connectivity index (χ1n) is 6.76. The van der Waals surface area contributed by atoms with Gasteiger partial charge >= 0.3 is 0 Å². The van der Waals surface area contributed by atoms with Crippen molar-refractivity contribution >= 4 is 0 Å². The van der Waals surface area contributed by atoms with E-state index < -0.39 is 5.41 Å². The Kier molecular flexibility index (Phi) is 4.42. The Balaban J connectivity index is 2.42. The maximum Gasteiger partial charge on any atom is 0.115 e. The van der Waals surface area contributed by atoms with Crippen LogP contribution < -0.4 is 5.73 Å². The fourth-order valence-electron chi connectivity index (χ4n) is 2.71. The Morgan fingerprint density at radius 3 is 2.45 bits per heavy atom. The summed E-state index contributed by atoms with van der Waals surface area (Å²) in [6.45, 7) is 2.35. The van der Waals surface area contributed by atoms with Crippen molar-refractivity contribution in [1.29, 1.82) is 0 Å². The van der Waals surface area contributed by atoms with Crippen LogP contribution in [0.2, 0.25) is 0 Å². The average Bonchev–Trinajstić information content (AvgIpc) is 2.46. The van der Waals surface area contributed by atoms with Crippen LogP contribution in [-0.4, -0.2) is 23.4 Å². The number of aliphatic hydroxyl groups excluding tert-OH is 1. The van der Waals surface area contributed by atoms with Crippen molar-refractivity contribution in [2.45, 2.75) is 18.8 Å². The highest BCUT2D eigenvalue weighted by molar-refractivity contribution is 5.37. The normalized spacial score (nSPS) is 13.9. The molecule has 0 aromatic heterocycles. The summed E-state index contributed by atoms with van der Waals surface area (Å²) in [5.74, 6) is 0.233. The smallest absolute Gasteiger partial charge is 0.115 e. The van der Waals surface area contributed by atoms with Crippen LogP contribution in [0.3, 0.4) is 0 Å². The van der Waals surface area contributed by atoms with E-state index in [1.54, 1.807) is 18.2 Å². The van der Waals surface area contributed by atoms with E-state index in [9.17, 15) is 10.2 Å². The summed E-state index contributed by atoms with van der Waals surface area (Å²) in [6, 6.07) is 15.1. The third kappa shape index (κ3) is 2.84. The Hall–Kier alpha value is -1.84. The van der Waals surface area contributed by atoms with Gasteiger partial charge < -0.3 is 15.9 Å². The molecular formula is C17H21NO2. The number of nitrogens with two attached hydrogens (primary N) is 1. The van der Waals surface area contributed by atoms with Crippen molar-refractivity contribution in [3.8, 4) is 5.75 Å². The van der Waals surface area contributed by atoms with E-state index in [1.807, 2.05) is 37.3 Å². The molecule has 0 bridgehead atoms. The molecule has 0 amide bonds. The first-order valence-corrected chi connectivity index (χ1v) is 6.76. The van der Waals surface area contributed by atoms with Gasteiger partial charge in [-0.15, -0.1) is 0 Å². The van der Waals surface area contributed by atoms with Gasteiger partial charge in [0.1, 0.15) is 5.75 Å². The Labute approximate surface area is 119 Å². The molecule has 0 aliphatic heterocycles. The van der Waals surface area contributed by atoms with Gasteiger partial charge in [-0.05, 0) is 42.2 Å². The number of phenols is 1. The molecule has 4 N–H and O–H groups in total. The molecule has 0 heterocycles. The zero-order chi connectivity index (χ0) is 14.6. The molecule has 0 radical (unpaired) electrons. The number of benzene rings is 2. The van der Waals surface area contributed by atoms with E-state index in [0.717, 1.165) is 16.7 Å². The summed E-state index contributed by atoms with van der Waals surface area (Å²) in [4.78, 5) is 0. The first kappa shape index (κ1) is 14.6. The van der Waals surface area contributed by atoms with Gasteiger partial charge in [0, 0.05) is 12.0 Å². The van der Waals surface area contributed by atoms with E-state index in [0.29, 0.717) is 13.0 Å². The highest BCUT2D eigenvalue weighted by Gasteiger charge is 2.31. The molecule has 2 rings (SSSR count). The van der Waals surface area contributed by atoms with Crippen LogP contribution in [-0.2, 0) is 11.8 Å². The zero-order valence-electron chi connectivity index (χ0n) is 11.7. The van der Waals surface area contributed by atoms with E-state index >= 15 is 0 Å². The van der Waals surface area contributed by atoms with Gasteiger partial charge in [-0.1, -0.05) is 36.4 Å². The van der Waals surface area contributed by atoms with Gasteiger partial charge in [0.25, 0.3) is 0 Å². The summed E-state index contributed by atoms with van der Waals surface area (Å²) in [7, 11) is 0. The summed E-state index contributed by atoms with van der Waals surface area (Å²) in [5, 5.41) is 19.5. The quantitative estimate of drug-likeness (QED) is 0.780. The van der Waals surface area contributed by atoms with Gasteiger partial charge in [0.15, 0.2) is 0 Å². The van der Waals surface area contributed by atoms with Crippen LogP contribution in [0.5, 0.6) is 5.75 Å². The van der Waals surface area contributed by atoms with Crippen molar-refractivity contribution in [2.24, 2.45) is 5.73 Å². The Morgan fingerprint density at radius 1 is 1.10 bits per heavy atom. The third-order valence-electron chi connectivity index (χ3n) is 3.86.